The first kappa shape index (κ1) is 18.7. The Morgan fingerprint density at radius 2 is 1.81 bits per heavy atom. The molecule has 5 nitrogen and oxygen atoms in total. The van der Waals surface area contributed by atoms with Crippen LogP contribution in [-0.4, -0.2) is 21.9 Å². The van der Waals surface area contributed by atoms with Crippen LogP contribution in [0.15, 0.2) is 46.8 Å². The quantitative estimate of drug-likeness (QED) is 0.547. The van der Waals surface area contributed by atoms with Crippen molar-refractivity contribution in [3.05, 3.63) is 58.6 Å². The zero-order chi connectivity index (χ0) is 18.5. The van der Waals surface area contributed by atoms with E-state index in [0.29, 0.717) is 10.2 Å². The second kappa shape index (κ2) is 8.53. The minimum Gasteiger partial charge on any atom is -0.330 e. The van der Waals surface area contributed by atoms with Crippen LogP contribution >= 0.6 is 34.7 Å². The van der Waals surface area contributed by atoms with Crippen LogP contribution in [-0.2, 0) is 4.79 Å². The third-order valence-corrected chi connectivity index (χ3v) is 5.84. The molecule has 0 spiro atoms. The van der Waals surface area contributed by atoms with Gasteiger partial charge in [0.1, 0.15) is 0 Å². The molecule has 1 aromatic heterocycles. The third-order valence-electron chi connectivity index (χ3n) is 3.62. The number of halogens is 1. The van der Waals surface area contributed by atoms with Crippen LogP contribution in [0.5, 0.6) is 0 Å². The molecule has 2 aromatic carbocycles. The Morgan fingerprint density at radius 1 is 1.08 bits per heavy atom. The molecule has 0 unspecified atom stereocenters. The largest absolute Gasteiger partial charge is 0.330 e. The fourth-order valence-electron chi connectivity index (χ4n) is 2.12. The summed E-state index contributed by atoms with van der Waals surface area (Å²) >= 11 is 8.60. The van der Waals surface area contributed by atoms with Crippen LogP contribution in [0.4, 0.5) is 16.5 Å². The molecule has 0 fully saturated rings. The maximum Gasteiger partial charge on any atom is 0.234 e. The van der Waals surface area contributed by atoms with E-state index in [2.05, 4.69) is 46.8 Å². The highest BCUT2D eigenvalue weighted by Crippen LogP contribution is 2.28. The number of hydrogen-bond acceptors (Lipinski definition) is 6. The number of aromatic nitrogens is 2. The summed E-state index contributed by atoms with van der Waals surface area (Å²) < 4.78 is 0.739. The molecule has 3 aromatic rings. The van der Waals surface area contributed by atoms with Crippen molar-refractivity contribution in [1.29, 1.82) is 0 Å². The van der Waals surface area contributed by atoms with Crippen LogP contribution in [0.1, 0.15) is 11.1 Å². The molecular formula is C18H17ClN4OS2. The van der Waals surface area contributed by atoms with Crippen molar-refractivity contribution in [2.75, 3.05) is 16.4 Å². The zero-order valence-electron chi connectivity index (χ0n) is 14.2. The molecule has 0 radical (unpaired) electrons. The van der Waals surface area contributed by atoms with E-state index in [1.165, 1.54) is 34.2 Å². The fourth-order valence-corrected chi connectivity index (χ4v) is 3.82. The molecule has 1 heterocycles. The number of amides is 1. The summed E-state index contributed by atoms with van der Waals surface area (Å²) in [6.07, 6.45) is 0. The summed E-state index contributed by atoms with van der Waals surface area (Å²) in [6, 6.07) is 13.1. The topological polar surface area (TPSA) is 66.9 Å². The first-order valence-electron chi connectivity index (χ1n) is 7.85. The molecular weight excluding hydrogens is 388 g/mol. The van der Waals surface area contributed by atoms with E-state index in [0.717, 1.165) is 15.7 Å². The first-order valence-corrected chi connectivity index (χ1v) is 10.0. The lowest BCUT2D eigenvalue weighted by molar-refractivity contribution is -0.113. The van der Waals surface area contributed by atoms with Crippen molar-refractivity contribution in [2.24, 2.45) is 0 Å². The van der Waals surface area contributed by atoms with Crippen LogP contribution in [0.2, 0.25) is 5.02 Å². The number of aryl methyl sites for hydroxylation is 2. The van der Waals surface area contributed by atoms with Crippen molar-refractivity contribution >= 4 is 57.1 Å². The smallest absolute Gasteiger partial charge is 0.234 e. The van der Waals surface area contributed by atoms with Crippen LogP contribution in [0.25, 0.3) is 0 Å². The number of benzene rings is 2. The van der Waals surface area contributed by atoms with Gasteiger partial charge < -0.3 is 10.6 Å². The van der Waals surface area contributed by atoms with Crippen molar-refractivity contribution in [1.82, 2.24) is 10.2 Å². The van der Waals surface area contributed by atoms with Gasteiger partial charge in [0.2, 0.25) is 11.0 Å². The molecule has 134 valence electrons. The Kier molecular flexibility index (Phi) is 6.13. The fraction of sp³-hybridized carbons (Fsp3) is 0.167. The van der Waals surface area contributed by atoms with E-state index in [1.807, 2.05) is 6.07 Å². The van der Waals surface area contributed by atoms with E-state index >= 15 is 0 Å². The summed E-state index contributed by atoms with van der Waals surface area (Å²) in [5.41, 5.74) is 4.15. The molecule has 0 aliphatic heterocycles. The van der Waals surface area contributed by atoms with Gasteiger partial charge in [0.05, 0.1) is 5.75 Å². The standard InChI is InChI=1S/C18H17ClN4OS2/c1-11-3-6-15(9-12(11)2)21-17-22-23-18(26-17)25-10-16(24)20-14-7-4-13(19)5-8-14/h3-9H,10H2,1-2H3,(H,20,24)(H,21,22). The van der Waals surface area contributed by atoms with E-state index in [4.69, 9.17) is 11.6 Å². The maximum absolute atomic E-state index is 12.0. The summed E-state index contributed by atoms with van der Waals surface area (Å²) in [7, 11) is 0. The monoisotopic (exact) mass is 404 g/mol. The van der Waals surface area contributed by atoms with Gasteiger partial charge in [0.25, 0.3) is 0 Å². The Labute approximate surface area is 165 Å². The van der Waals surface area contributed by atoms with E-state index < -0.39 is 0 Å². The van der Waals surface area contributed by atoms with Gasteiger partial charge in [-0.1, -0.05) is 40.8 Å². The van der Waals surface area contributed by atoms with E-state index in [-0.39, 0.29) is 11.7 Å². The first-order chi connectivity index (χ1) is 12.5. The van der Waals surface area contributed by atoms with Crippen LogP contribution in [0, 0.1) is 13.8 Å². The normalized spacial score (nSPS) is 10.6. The molecule has 8 heteroatoms. The number of thioether (sulfide) groups is 1. The molecule has 26 heavy (non-hydrogen) atoms. The second-order valence-electron chi connectivity index (χ2n) is 5.64. The highest BCUT2D eigenvalue weighted by atomic mass is 35.5. The van der Waals surface area contributed by atoms with Crippen molar-refractivity contribution in [3.63, 3.8) is 0 Å². The SMILES string of the molecule is Cc1ccc(Nc2nnc(SCC(=O)Nc3ccc(Cl)cc3)s2)cc1C. The maximum atomic E-state index is 12.0. The Balaban J connectivity index is 1.52. The summed E-state index contributed by atoms with van der Waals surface area (Å²) in [6.45, 7) is 4.15. The molecule has 1 amide bonds. The lowest BCUT2D eigenvalue weighted by atomic mass is 10.1. The minimum atomic E-state index is -0.101. The molecule has 0 saturated carbocycles. The third kappa shape index (κ3) is 5.20. The van der Waals surface area contributed by atoms with Gasteiger partial charge in [-0.25, -0.2) is 0 Å². The average Bonchev–Trinajstić information content (AvgIpc) is 3.06. The van der Waals surface area contributed by atoms with Crippen molar-refractivity contribution in [2.45, 2.75) is 18.2 Å². The average molecular weight is 405 g/mol. The number of rotatable bonds is 6. The zero-order valence-corrected chi connectivity index (χ0v) is 16.6. The van der Waals surface area contributed by atoms with Gasteiger partial charge in [0, 0.05) is 16.4 Å². The summed E-state index contributed by atoms with van der Waals surface area (Å²) in [4.78, 5) is 12.0. The number of carbonyl (C=O) groups excluding carboxylic acids is 1. The van der Waals surface area contributed by atoms with Crippen molar-refractivity contribution in [3.8, 4) is 0 Å². The molecule has 0 atom stereocenters. The number of nitrogens with one attached hydrogen (secondary N) is 2. The van der Waals surface area contributed by atoms with Gasteiger partial charge in [-0.3, -0.25) is 4.79 Å². The number of hydrogen-bond donors (Lipinski definition) is 2. The van der Waals surface area contributed by atoms with Gasteiger partial charge >= 0.3 is 0 Å². The van der Waals surface area contributed by atoms with Gasteiger partial charge in [0.15, 0.2) is 4.34 Å². The van der Waals surface area contributed by atoms with Crippen molar-refractivity contribution < 1.29 is 4.79 Å². The van der Waals surface area contributed by atoms with Gasteiger partial charge in [-0.15, -0.1) is 10.2 Å². The summed E-state index contributed by atoms with van der Waals surface area (Å²) in [5.74, 6) is 0.164. The van der Waals surface area contributed by atoms with Crippen LogP contribution < -0.4 is 10.6 Å². The Bertz CT molecular complexity index is 912. The van der Waals surface area contributed by atoms with E-state index in [9.17, 15) is 4.79 Å². The molecule has 0 bridgehead atoms. The molecule has 0 aliphatic carbocycles. The minimum absolute atomic E-state index is 0.101. The highest BCUT2D eigenvalue weighted by Gasteiger charge is 2.09. The van der Waals surface area contributed by atoms with Crippen LogP contribution in [0.3, 0.4) is 0 Å². The van der Waals surface area contributed by atoms with E-state index in [1.54, 1.807) is 24.3 Å². The number of nitrogens with zero attached hydrogens (tertiary/aromatic N) is 2. The summed E-state index contributed by atoms with van der Waals surface area (Å²) in [5, 5.41) is 15.6. The Hall–Kier alpha value is -2.09. The molecule has 2 N–H and O–H groups in total. The highest BCUT2D eigenvalue weighted by molar-refractivity contribution is 8.01. The lowest BCUT2D eigenvalue weighted by Crippen LogP contribution is -2.13. The number of anilines is 3. The molecule has 0 saturated heterocycles. The predicted molar refractivity (Wildman–Crippen MR) is 110 cm³/mol. The predicted octanol–water partition coefficient (Wildman–Crippen LogP) is 5.28. The Morgan fingerprint density at radius 3 is 2.54 bits per heavy atom. The molecule has 3 rings (SSSR count). The number of carbonyl (C=O) groups is 1. The second-order valence-corrected chi connectivity index (χ2v) is 8.28. The lowest BCUT2D eigenvalue weighted by Gasteiger charge is -2.05. The van der Waals surface area contributed by atoms with Gasteiger partial charge in [-0.2, -0.15) is 0 Å². The van der Waals surface area contributed by atoms with Gasteiger partial charge in [-0.05, 0) is 61.4 Å². The molecule has 0 aliphatic rings.